The molecule has 0 amide bonds. The van der Waals surface area contributed by atoms with E-state index in [1.807, 2.05) is 19.1 Å². The summed E-state index contributed by atoms with van der Waals surface area (Å²) in [4.78, 5) is 16.2. The number of methoxy groups -OCH3 is 1. The summed E-state index contributed by atoms with van der Waals surface area (Å²) in [5.74, 6) is -0.293. The lowest BCUT2D eigenvalue weighted by Crippen LogP contribution is -2.47. The van der Waals surface area contributed by atoms with Crippen LogP contribution in [0.3, 0.4) is 0 Å². The van der Waals surface area contributed by atoms with Crippen LogP contribution in [0.15, 0.2) is 48.7 Å². The number of pyridine rings is 1. The van der Waals surface area contributed by atoms with Crippen LogP contribution in [0.2, 0.25) is 15.1 Å². The van der Waals surface area contributed by atoms with Gasteiger partial charge in [-0.1, -0.05) is 53.0 Å². The zero-order chi connectivity index (χ0) is 32.6. The second-order valence-electron chi connectivity index (χ2n) is 12.3. The SMILES string of the molecule is COCCc1ccc(Cl)c(CNC2CC2)c1.Cc1cc(Cl)c(OCCOc2ccc([C@H]3C[C@@H]4CC[C@@H](N4)[C@@H]3C(=O)O)cn2)c(Cl)c1. The molecule has 2 saturated heterocycles. The first-order chi connectivity index (χ1) is 22.2. The highest BCUT2D eigenvalue weighted by atomic mass is 35.5. The Morgan fingerprint density at radius 1 is 0.978 bits per heavy atom. The number of carboxylic acids is 1. The van der Waals surface area contributed by atoms with Gasteiger partial charge in [-0.25, -0.2) is 4.98 Å². The van der Waals surface area contributed by atoms with Crippen LogP contribution in [0.5, 0.6) is 11.6 Å². The van der Waals surface area contributed by atoms with E-state index in [4.69, 9.17) is 49.0 Å². The van der Waals surface area contributed by atoms with E-state index in [-0.39, 0.29) is 25.2 Å². The number of carbonyl (C=O) groups is 1. The lowest BCUT2D eigenvalue weighted by molar-refractivity contribution is -0.144. The average molecular weight is 691 g/mol. The highest BCUT2D eigenvalue weighted by molar-refractivity contribution is 6.37. The number of aliphatic carboxylic acids is 1. The van der Waals surface area contributed by atoms with Crippen molar-refractivity contribution in [1.29, 1.82) is 0 Å². The fourth-order valence-electron chi connectivity index (χ4n) is 6.23. The maximum absolute atomic E-state index is 11.8. The number of benzene rings is 2. The quantitative estimate of drug-likeness (QED) is 0.161. The van der Waals surface area contributed by atoms with E-state index in [9.17, 15) is 9.90 Å². The summed E-state index contributed by atoms with van der Waals surface area (Å²) in [6.45, 7) is 4.10. The van der Waals surface area contributed by atoms with Crippen molar-refractivity contribution < 1.29 is 24.1 Å². The largest absolute Gasteiger partial charge is 0.487 e. The molecule has 3 aromatic rings. The maximum Gasteiger partial charge on any atom is 0.308 e. The maximum atomic E-state index is 11.8. The first kappa shape index (κ1) is 34.7. The van der Waals surface area contributed by atoms with Gasteiger partial charge in [-0.15, -0.1) is 0 Å². The molecule has 0 unspecified atom stereocenters. The third-order valence-corrected chi connectivity index (χ3v) is 9.67. The third kappa shape index (κ3) is 9.49. The molecule has 0 radical (unpaired) electrons. The number of halogens is 3. The smallest absolute Gasteiger partial charge is 0.308 e. The Hall–Kier alpha value is -2.59. The summed E-state index contributed by atoms with van der Waals surface area (Å²) in [5.41, 5.74) is 4.40. The molecule has 3 N–H and O–H groups in total. The predicted molar refractivity (Wildman–Crippen MR) is 182 cm³/mol. The summed E-state index contributed by atoms with van der Waals surface area (Å²) < 4.78 is 16.4. The fourth-order valence-corrected chi connectivity index (χ4v) is 7.12. The van der Waals surface area contributed by atoms with Gasteiger partial charge in [-0.3, -0.25) is 4.79 Å². The molecule has 3 heterocycles. The summed E-state index contributed by atoms with van der Waals surface area (Å²) in [6, 6.07) is 14.7. The lowest BCUT2D eigenvalue weighted by atomic mass is 9.77. The molecule has 248 valence electrons. The van der Waals surface area contributed by atoms with Crippen LogP contribution in [-0.2, 0) is 22.5 Å². The third-order valence-electron chi connectivity index (χ3n) is 8.74. The Kier molecular flexibility index (Phi) is 12.5. The number of nitrogens with zero attached hydrogens (tertiary/aromatic N) is 1. The molecule has 1 aromatic heterocycles. The Labute approximate surface area is 286 Å². The van der Waals surface area contributed by atoms with Crippen molar-refractivity contribution in [2.75, 3.05) is 26.9 Å². The van der Waals surface area contributed by atoms with Gasteiger partial charge in [0.25, 0.3) is 0 Å². The van der Waals surface area contributed by atoms with Crippen molar-refractivity contribution in [2.24, 2.45) is 5.92 Å². The van der Waals surface area contributed by atoms with Gasteiger partial charge in [-0.05, 0) is 85.9 Å². The van der Waals surface area contributed by atoms with E-state index in [1.54, 1.807) is 31.5 Å². The molecule has 3 fully saturated rings. The van der Waals surface area contributed by atoms with E-state index >= 15 is 0 Å². The number of carboxylic acid groups (broad SMARTS) is 1. The van der Waals surface area contributed by atoms with Crippen LogP contribution < -0.4 is 20.1 Å². The first-order valence-electron chi connectivity index (χ1n) is 15.9. The molecule has 3 aliphatic rings. The van der Waals surface area contributed by atoms with Crippen molar-refractivity contribution in [3.63, 3.8) is 0 Å². The summed E-state index contributed by atoms with van der Waals surface area (Å²) in [5, 5.41) is 18.4. The van der Waals surface area contributed by atoms with Crippen LogP contribution in [0.1, 0.15) is 60.3 Å². The van der Waals surface area contributed by atoms with Crippen molar-refractivity contribution in [3.8, 4) is 11.6 Å². The van der Waals surface area contributed by atoms with E-state index in [1.165, 1.54) is 24.0 Å². The molecule has 1 saturated carbocycles. The van der Waals surface area contributed by atoms with Gasteiger partial charge in [-0.2, -0.15) is 0 Å². The van der Waals surface area contributed by atoms with E-state index in [0.29, 0.717) is 27.7 Å². The van der Waals surface area contributed by atoms with Gasteiger partial charge < -0.3 is 30.0 Å². The Morgan fingerprint density at radius 3 is 2.41 bits per heavy atom. The topological polar surface area (TPSA) is 102 Å². The van der Waals surface area contributed by atoms with Gasteiger partial charge in [0.2, 0.25) is 5.88 Å². The van der Waals surface area contributed by atoms with Crippen molar-refractivity contribution in [2.45, 2.75) is 76.0 Å². The van der Waals surface area contributed by atoms with Crippen molar-refractivity contribution >= 4 is 40.8 Å². The normalized spacial score (nSPS) is 21.8. The van der Waals surface area contributed by atoms with Gasteiger partial charge >= 0.3 is 5.97 Å². The van der Waals surface area contributed by atoms with Crippen LogP contribution >= 0.6 is 34.8 Å². The van der Waals surface area contributed by atoms with Gasteiger partial charge in [0.1, 0.15) is 13.2 Å². The number of fused-ring (bicyclic) bond motifs is 2. The molecule has 4 atom stereocenters. The number of aromatic nitrogens is 1. The lowest BCUT2D eigenvalue weighted by Gasteiger charge is -2.35. The second kappa shape index (κ2) is 16.5. The van der Waals surface area contributed by atoms with Crippen LogP contribution in [0.25, 0.3) is 0 Å². The number of piperidine rings is 1. The highest BCUT2D eigenvalue weighted by Gasteiger charge is 2.45. The number of hydrogen-bond acceptors (Lipinski definition) is 7. The molecular formula is C35H42Cl3N3O5. The molecule has 2 aromatic carbocycles. The fraction of sp³-hybridized carbons (Fsp3) is 0.486. The van der Waals surface area contributed by atoms with Gasteiger partial charge in [0.15, 0.2) is 5.75 Å². The highest BCUT2D eigenvalue weighted by Crippen LogP contribution is 2.42. The summed E-state index contributed by atoms with van der Waals surface area (Å²) in [6.07, 6.45) is 8.07. The van der Waals surface area contributed by atoms with E-state index < -0.39 is 11.9 Å². The monoisotopic (exact) mass is 689 g/mol. The molecule has 6 rings (SSSR count). The molecule has 46 heavy (non-hydrogen) atoms. The minimum Gasteiger partial charge on any atom is -0.487 e. The number of aryl methyl sites for hydroxylation is 1. The molecule has 8 nitrogen and oxygen atoms in total. The van der Waals surface area contributed by atoms with E-state index in [0.717, 1.165) is 61.0 Å². The zero-order valence-electron chi connectivity index (χ0n) is 26.2. The van der Waals surface area contributed by atoms with E-state index in [2.05, 4.69) is 27.8 Å². The number of hydrogen-bond donors (Lipinski definition) is 3. The summed E-state index contributed by atoms with van der Waals surface area (Å²) in [7, 11) is 1.73. The Morgan fingerprint density at radius 2 is 1.74 bits per heavy atom. The molecule has 11 heteroatoms. The molecule has 1 aliphatic carbocycles. The summed E-state index contributed by atoms with van der Waals surface area (Å²) >= 11 is 18.5. The number of nitrogens with one attached hydrogen (secondary N) is 2. The van der Waals surface area contributed by atoms with Crippen molar-refractivity contribution in [3.05, 3.63) is 86.0 Å². The standard InChI is InChI=1S/C22H24Cl2N2O4.C13H18ClNO/c1-12-8-16(23)21(17(24)9-12)30-7-6-29-19-5-2-13(11-25-19)15-10-14-3-4-18(26-14)20(15)22(27)28;1-16-7-6-10-2-5-13(14)11(8-10)9-15-12-3-4-12/h2,5,8-9,11,14-15,18,20,26H,3-4,6-7,10H2,1H3,(H,27,28);2,5,8,12,15H,3-4,6-7,9H2,1H3/t14-,15+,18+,20+;/m0./s1. The zero-order valence-corrected chi connectivity index (χ0v) is 28.5. The van der Waals surface area contributed by atoms with Crippen LogP contribution in [0, 0.1) is 12.8 Å². The molecule has 2 bridgehead atoms. The predicted octanol–water partition coefficient (Wildman–Crippen LogP) is 7.24. The number of rotatable bonds is 13. The van der Waals surface area contributed by atoms with Crippen molar-refractivity contribution in [1.82, 2.24) is 15.6 Å². The molecule has 0 spiro atoms. The molecular weight excluding hydrogens is 649 g/mol. The minimum atomic E-state index is -0.747. The minimum absolute atomic E-state index is 0.0306. The van der Waals surface area contributed by atoms with Gasteiger partial charge in [0.05, 0.1) is 22.6 Å². The van der Waals surface area contributed by atoms with Gasteiger partial charge in [0, 0.05) is 55.0 Å². The average Bonchev–Trinajstić information content (AvgIpc) is 3.80. The number of ether oxygens (including phenoxy) is 3. The Balaban J connectivity index is 0.000000219. The molecule has 2 aliphatic heterocycles. The first-order valence-corrected chi connectivity index (χ1v) is 17.0. The van der Waals surface area contributed by atoms with Crippen LogP contribution in [0.4, 0.5) is 0 Å². The Bertz CT molecular complexity index is 1450. The van der Waals surface area contributed by atoms with Crippen LogP contribution in [-0.4, -0.2) is 61.1 Å². The second-order valence-corrected chi connectivity index (χ2v) is 13.5.